The predicted molar refractivity (Wildman–Crippen MR) is 110 cm³/mol. The molecule has 7 nitrogen and oxygen atoms in total. The summed E-state index contributed by atoms with van der Waals surface area (Å²) in [5.74, 6) is 1.68. The number of nitrogens with two attached hydrogens (primary N) is 1. The molecule has 0 radical (unpaired) electrons. The number of guanidine groups is 1. The van der Waals surface area contributed by atoms with E-state index in [1.54, 1.807) is 24.3 Å². The van der Waals surface area contributed by atoms with Crippen LogP contribution >= 0.6 is 24.0 Å². The highest BCUT2D eigenvalue weighted by molar-refractivity contribution is 14.0. The third-order valence-electron chi connectivity index (χ3n) is 2.82. The van der Waals surface area contributed by atoms with Crippen molar-refractivity contribution in [3.05, 3.63) is 24.3 Å². The van der Waals surface area contributed by atoms with Crippen LogP contribution in [0.3, 0.4) is 0 Å². The van der Waals surface area contributed by atoms with Crippen molar-refractivity contribution < 1.29 is 13.2 Å². The molecular weight excluding hydrogens is 443 g/mol. The van der Waals surface area contributed by atoms with Crippen LogP contribution in [0, 0.1) is 5.92 Å². The van der Waals surface area contributed by atoms with Gasteiger partial charge in [-0.15, -0.1) is 24.0 Å². The van der Waals surface area contributed by atoms with E-state index in [0.29, 0.717) is 43.0 Å². The first kappa shape index (κ1) is 22.8. The highest BCUT2D eigenvalue weighted by Crippen LogP contribution is 2.16. The highest BCUT2D eigenvalue weighted by Gasteiger charge is 2.02. The van der Waals surface area contributed by atoms with Gasteiger partial charge in [0.2, 0.25) is 10.0 Å². The smallest absolute Gasteiger partial charge is 0.229 e. The van der Waals surface area contributed by atoms with Crippen molar-refractivity contribution in [3.63, 3.8) is 0 Å². The topological polar surface area (TPSA) is 106 Å². The summed E-state index contributed by atoms with van der Waals surface area (Å²) in [6.45, 7) is 5.97. The molecule has 0 aliphatic rings. The third kappa shape index (κ3) is 11.3. The number of halogens is 1. The number of hydrogen-bond acceptors (Lipinski definition) is 4. The van der Waals surface area contributed by atoms with Gasteiger partial charge in [-0.05, 0) is 36.6 Å². The van der Waals surface area contributed by atoms with Crippen molar-refractivity contribution in [2.75, 3.05) is 30.7 Å². The second-order valence-electron chi connectivity index (χ2n) is 5.62. The van der Waals surface area contributed by atoms with E-state index in [4.69, 9.17) is 10.5 Å². The Bertz CT molecular complexity index is 604. The van der Waals surface area contributed by atoms with Crippen LogP contribution in [0.2, 0.25) is 0 Å². The molecule has 0 aliphatic heterocycles. The molecule has 1 aromatic rings. The first-order chi connectivity index (χ1) is 10.8. The van der Waals surface area contributed by atoms with Crippen LogP contribution in [0.1, 0.15) is 20.3 Å². The Morgan fingerprint density at radius 3 is 2.46 bits per heavy atom. The van der Waals surface area contributed by atoms with Gasteiger partial charge in [-0.2, -0.15) is 0 Å². The number of aliphatic imine (C=N–C) groups is 1. The van der Waals surface area contributed by atoms with E-state index in [1.807, 2.05) is 0 Å². The van der Waals surface area contributed by atoms with Gasteiger partial charge in [-0.3, -0.25) is 9.71 Å². The lowest BCUT2D eigenvalue weighted by Crippen LogP contribution is -2.34. The van der Waals surface area contributed by atoms with Crippen LogP contribution in [0.15, 0.2) is 29.3 Å². The minimum Gasteiger partial charge on any atom is -0.492 e. The maximum absolute atomic E-state index is 11.1. The van der Waals surface area contributed by atoms with Gasteiger partial charge < -0.3 is 15.8 Å². The van der Waals surface area contributed by atoms with E-state index in [-0.39, 0.29) is 24.0 Å². The Balaban J connectivity index is 0.00000529. The Hall–Kier alpha value is -1.23. The van der Waals surface area contributed by atoms with Crippen LogP contribution in [-0.4, -0.2) is 40.3 Å². The Morgan fingerprint density at radius 2 is 1.92 bits per heavy atom. The van der Waals surface area contributed by atoms with Crippen molar-refractivity contribution in [1.82, 2.24) is 5.32 Å². The molecule has 0 bridgehead atoms. The van der Waals surface area contributed by atoms with Crippen molar-refractivity contribution >= 4 is 45.6 Å². The van der Waals surface area contributed by atoms with Crippen molar-refractivity contribution in [2.45, 2.75) is 20.3 Å². The van der Waals surface area contributed by atoms with Gasteiger partial charge in [-0.25, -0.2) is 8.42 Å². The summed E-state index contributed by atoms with van der Waals surface area (Å²) in [6, 6.07) is 6.69. The summed E-state index contributed by atoms with van der Waals surface area (Å²) in [7, 11) is -3.26. The zero-order valence-corrected chi connectivity index (χ0v) is 17.4. The van der Waals surface area contributed by atoms with Crippen LogP contribution in [0.25, 0.3) is 0 Å². The minimum atomic E-state index is -3.26. The average Bonchev–Trinajstić information content (AvgIpc) is 2.43. The van der Waals surface area contributed by atoms with Gasteiger partial charge in [-0.1, -0.05) is 13.8 Å². The first-order valence-electron chi connectivity index (χ1n) is 7.50. The van der Waals surface area contributed by atoms with Gasteiger partial charge in [0.1, 0.15) is 12.4 Å². The third-order valence-corrected chi connectivity index (χ3v) is 3.43. The summed E-state index contributed by atoms with van der Waals surface area (Å²) in [5, 5.41) is 2.98. The second kappa shape index (κ2) is 11.3. The lowest BCUT2D eigenvalue weighted by atomic mass is 10.1. The Labute approximate surface area is 161 Å². The molecule has 0 heterocycles. The van der Waals surface area contributed by atoms with Gasteiger partial charge in [0.05, 0.1) is 12.8 Å². The standard InChI is InChI=1S/C15H26N4O3S.HI/c1-12(2)8-9-17-15(16)18-10-11-22-14-6-4-13(5-7-14)19-23(3,20)21;/h4-7,12,19H,8-11H2,1-3H3,(H3,16,17,18);1H. The highest BCUT2D eigenvalue weighted by atomic mass is 127. The van der Waals surface area contributed by atoms with Gasteiger partial charge in [0.25, 0.3) is 0 Å². The fraction of sp³-hybridized carbons (Fsp3) is 0.533. The van der Waals surface area contributed by atoms with Crippen LogP contribution in [0.5, 0.6) is 5.75 Å². The molecule has 0 saturated heterocycles. The molecule has 0 unspecified atom stereocenters. The van der Waals surface area contributed by atoms with Crippen molar-refractivity contribution in [2.24, 2.45) is 16.6 Å². The van der Waals surface area contributed by atoms with Crippen molar-refractivity contribution in [3.8, 4) is 5.75 Å². The lowest BCUT2D eigenvalue weighted by Gasteiger charge is -2.09. The second-order valence-corrected chi connectivity index (χ2v) is 7.37. The van der Waals surface area contributed by atoms with Crippen LogP contribution in [-0.2, 0) is 10.0 Å². The number of nitrogens with one attached hydrogen (secondary N) is 2. The van der Waals surface area contributed by atoms with Crippen LogP contribution < -0.4 is 20.5 Å². The first-order valence-corrected chi connectivity index (χ1v) is 9.40. The van der Waals surface area contributed by atoms with Crippen molar-refractivity contribution in [1.29, 1.82) is 0 Å². The van der Waals surface area contributed by atoms with E-state index in [2.05, 4.69) is 28.9 Å². The average molecular weight is 470 g/mol. The Morgan fingerprint density at radius 1 is 1.29 bits per heavy atom. The predicted octanol–water partition coefficient (Wildman–Crippen LogP) is 2.01. The molecule has 0 aliphatic carbocycles. The van der Waals surface area contributed by atoms with E-state index in [1.165, 1.54) is 0 Å². The number of nitrogens with zero attached hydrogens (tertiary/aromatic N) is 1. The molecule has 0 atom stereocenters. The molecular formula is C15H27IN4O3S. The molecule has 0 fully saturated rings. The monoisotopic (exact) mass is 470 g/mol. The normalized spacial score (nSPS) is 11.8. The quantitative estimate of drug-likeness (QED) is 0.222. The fourth-order valence-corrected chi connectivity index (χ4v) is 2.24. The molecule has 0 spiro atoms. The fourth-order valence-electron chi connectivity index (χ4n) is 1.68. The largest absolute Gasteiger partial charge is 0.492 e. The number of hydrogen-bond donors (Lipinski definition) is 3. The molecule has 0 saturated carbocycles. The Kier molecular flexibility index (Phi) is 10.8. The number of ether oxygens (including phenoxy) is 1. The molecule has 0 aromatic heterocycles. The lowest BCUT2D eigenvalue weighted by molar-refractivity contribution is 0.322. The summed E-state index contributed by atoms with van der Waals surface area (Å²) in [6.07, 6.45) is 2.11. The summed E-state index contributed by atoms with van der Waals surface area (Å²) in [4.78, 5) is 4.22. The number of anilines is 1. The zero-order chi connectivity index (χ0) is 17.3. The molecule has 1 rings (SSSR count). The summed E-state index contributed by atoms with van der Waals surface area (Å²) < 4.78 is 30.1. The van der Waals surface area contributed by atoms with Gasteiger partial charge >= 0.3 is 0 Å². The number of benzene rings is 1. The molecule has 138 valence electrons. The molecule has 24 heavy (non-hydrogen) atoms. The molecule has 1 aromatic carbocycles. The minimum absolute atomic E-state index is 0. The van der Waals surface area contributed by atoms with Gasteiger partial charge in [0.15, 0.2) is 5.96 Å². The van der Waals surface area contributed by atoms with E-state index < -0.39 is 10.0 Å². The summed E-state index contributed by atoms with van der Waals surface area (Å²) in [5.41, 5.74) is 6.24. The van der Waals surface area contributed by atoms with E-state index in [0.717, 1.165) is 12.7 Å². The molecule has 4 N–H and O–H groups in total. The molecule has 9 heteroatoms. The van der Waals surface area contributed by atoms with E-state index >= 15 is 0 Å². The van der Waals surface area contributed by atoms with Crippen LogP contribution in [0.4, 0.5) is 5.69 Å². The molecule has 0 amide bonds. The SMILES string of the molecule is CC(C)CCN=C(N)NCCOc1ccc(NS(C)(=O)=O)cc1.I. The number of rotatable bonds is 9. The summed E-state index contributed by atoms with van der Waals surface area (Å²) >= 11 is 0. The number of sulfonamides is 1. The maximum atomic E-state index is 11.1. The van der Waals surface area contributed by atoms with Gasteiger partial charge in [0, 0.05) is 12.2 Å². The zero-order valence-electron chi connectivity index (χ0n) is 14.3. The maximum Gasteiger partial charge on any atom is 0.229 e. The van der Waals surface area contributed by atoms with E-state index in [9.17, 15) is 8.42 Å².